The number of anilines is 1. The van der Waals surface area contributed by atoms with Crippen LogP contribution in [0.2, 0.25) is 0 Å². The highest BCUT2D eigenvalue weighted by Crippen LogP contribution is 2.29. The van der Waals surface area contributed by atoms with Crippen LogP contribution in [0.25, 0.3) is 0 Å². The zero-order valence-corrected chi connectivity index (χ0v) is 33.4. The smallest absolute Gasteiger partial charge is 0.245 e. The highest BCUT2D eigenvalue weighted by atomic mass is 16.5. The Morgan fingerprint density at radius 1 is 0.941 bits per heavy atom. The lowest BCUT2D eigenvalue weighted by atomic mass is 9.89. The van der Waals surface area contributed by atoms with Gasteiger partial charge < -0.3 is 35.6 Å². The standard InChI is InChI=1S/C39H68N6O6/c1-13-26(6)35(44(10)39(49)33(24(2)3)42-38(48)34(25(4)5)43(8)9)31(50-11)23-32(46)45-22-14-15-30(45)36(51-12)27(7)37(47)41-21-20-28-16-18-29(40)19-17-28/h16-19,24-27,30-31,33-36H,13-15,20-23,40H2,1-12H3,(H,41,47)(H,42,48)/t26?,27?,30?,31?,33-,34?,35?,36?/m0/s1. The number of nitrogens with two attached hydrogens (primary N) is 1. The molecule has 1 heterocycles. The van der Waals surface area contributed by atoms with Crippen LogP contribution in [0, 0.1) is 23.7 Å². The van der Waals surface area contributed by atoms with Crippen LogP contribution in [0.3, 0.4) is 0 Å². The Hall–Kier alpha value is -3.22. The van der Waals surface area contributed by atoms with Gasteiger partial charge in [-0.3, -0.25) is 24.1 Å². The van der Waals surface area contributed by atoms with Crippen LogP contribution in [-0.2, 0) is 35.1 Å². The van der Waals surface area contributed by atoms with Gasteiger partial charge in [-0.2, -0.15) is 0 Å². The summed E-state index contributed by atoms with van der Waals surface area (Å²) in [7, 11) is 8.64. The van der Waals surface area contributed by atoms with Gasteiger partial charge in [-0.1, -0.05) is 67.0 Å². The maximum atomic E-state index is 14.2. The Morgan fingerprint density at radius 2 is 1.57 bits per heavy atom. The minimum atomic E-state index is -0.743. The fraction of sp³-hybridized carbons (Fsp3) is 0.744. The third kappa shape index (κ3) is 11.9. The molecule has 0 aliphatic carbocycles. The van der Waals surface area contributed by atoms with E-state index in [0.29, 0.717) is 25.2 Å². The third-order valence-electron chi connectivity index (χ3n) is 10.6. The van der Waals surface area contributed by atoms with Crippen LogP contribution in [-0.4, -0.2) is 123 Å². The van der Waals surface area contributed by atoms with Crippen LogP contribution in [0.1, 0.15) is 79.7 Å². The van der Waals surface area contributed by atoms with E-state index in [1.807, 2.05) is 82.8 Å². The molecule has 7 unspecified atom stereocenters. The Balaban J connectivity index is 2.21. The number of carbonyl (C=O) groups is 4. The van der Waals surface area contributed by atoms with Gasteiger partial charge in [0.25, 0.3) is 0 Å². The van der Waals surface area contributed by atoms with Crippen LogP contribution in [0.5, 0.6) is 0 Å². The minimum absolute atomic E-state index is 0.00320. The number of nitrogens with one attached hydrogen (secondary N) is 2. The number of likely N-dealkylation sites (N-methyl/N-ethyl adjacent to an activating group) is 2. The molecule has 0 radical (unpaired) electrons. The molecule has 1 aliphatic rings. The van der Waals surface area contributed by atoms with E-state index in [0.717, 1.165) is 24.8 Å². The van der Waals surface area contributed by atoms with Crippen LogP contribution >= 0.6 is 0 Å². The lowest BCUT2D eigenvalue weighted by Crippen LogP contribution is -2.59. The molecular formula is C39H68N6O6. The molecule has 1 aliphatic heterocycles. The van der Waals surface area contributed by atoms with Crippen molar-refractivity contribution >= 4 is 29.3 Å². The van der Waals surface area contributed by atoms with Gasteiger partial charge in [-0.25, -0.2) is 0 Å². The van der Waals surface area contributed by atoms with Gasteiger partial charge in [-0.15, -0.1) is 0 Å². The Kier molecular flexibility index (Phi) is 17.9. The number of carbonyl (C=O) groups excluding carboxylic acids is 4. The average molecular weight is 717 g/mol. The largest absolute Gasteiger partial charge is 0.399 e. The van der Waals surface area contributed by atoms with E-state index in [1.165, 1.54) is 0 Å². The summed E-state index contributed by atoms with van der Waals surface area (Å²) in [6.45, 7) is 14.8. The molecule has 0 bridgehead atoms. The van der Waals surface area contributed by atoms with E-state index in [-0.39, 0.29) is 59.9 Å². The zero-order chi connectivity index (χ0) is 38.6. The second-order valence-electron chi connectivity index (χ2n) is 15.3. The number of amides is 4. The number of rotatable bonds is 20. The van der Waals surface area contributed by atoms with Crippen molar-refractivity contribution in [3.05, 3.63) is 29.8 Å². The van der Waals surface area contributed by atoms with Crippen LogP contribution < -0.4 is 16.4 Å². The molecule has 8 atom stereocenters. The van der Waals surface area contributed by atoms with Crippen molar-refractivity contribution in [2.24, 2.45) is 23.7 Å². The van der Waals surface area contributed by atoms with Crippen molar-refractivity contribution in [1.82, 2.24) is 25.3 Å². The molecule has 12 nitrogen and oxygen atoms in total. The van der Waals surface area contributed by atoms with Gasteiger partial charge >= 0.3 is 0 Å². The SMILES string of the molecule is CCC(C)C(C(CC(=O)N1CCCC1C(OC)C(C)C(=O)NCCc1ccc(N)cc1)OC)N(C)C(=O)[C@@H](NC(=O)C(C(C)C)N(C)C)C(C)C. The molecular weight excluding hydrogens is 648 g/mol. The Bertz CT molecular complexity index is 1250. The molecule has 0 aromatic heterocycles. The second-order valence-corrected chi connectivity index (χ2v) is 15.3. The maximum absolute atomic E-state index is 14.2. The first-order valence-corrected chi connectivity index (χ1v) is 18.7. The molecule has 4 N–H and O–H groups in total. The fourth-order valence-electron chi connectivity index (χ4n) is 7.59. The van der Waals surface area contributed by atoms with E-state index in [4.69, 9.17) is 15.2 Å². The van der Waals surface area contributed by atoms with E-state index >= 15 is 0 Å². The van der Waals surface area contributed by atoms with Gasteiger partial charge in [0, 0.05) is 40.0 Å². The van der Waals surface area contributed by atoms with Gasteiger partial charge in [0.1, 0.15) is 6.04 Å². The van der Waals surface area contributed by atoms with Gasteiger partial charge in [0.2, 0.25) is 23.6 Å². The van der Waals surface area contributed by atoms with Crippen molar-refractivity contribution in [2.75, 3.05) is 54.2 Å². The first kappa shape index (κ1) is 43.9. The summed E-state index contributed by atoms with van der Waals surface area (Å²) < 4.78 is 11.9. The number of methoxy groups -OCH3 is 2. The van der Waals surface area contributed by atoms with E-state index < -0.39 is 30.2 Å². The minimum Gasteiger partial charge on any atom is -0.399 e. The van der Waals surface area contributed by atoms with Crippen molar-refractivity contribution in [3.63, 3.8) is 0 Å². The summed E-state index contributed by atoms with van der Waals surface area (Å²) in [4.78, 5) is 60.3. The molecule has 290 valence electrons. The summed E-state index contributed by atoms with van der Waals surface area (Å²) in [5.41, 5.74) is 7.57. The average Bonchev–Trinajstić information content (AvgIpc) is 3.56. The van der Waals surface area contributed by atoms with Crippen molar-refractivity contribution in [1.29, 1.82) is 0 Å². The van der Waals surface area contributed by atoms with Crippen molar-refractivity contribution in [3.8, 4) is 0 Å². The highest BCUT2D eigenvalue weighted by molar-refractivity contribution is 5.90. The summed E-state index contributed by atoms with van der Waals surface area (Å²) in [5.74, 6) is -1.21. The molecule has 1 aromatic rings. The molecule has 0 saturated carbocycles. The quantitative estimate of drug-likeness (QED) is 0.174. The first-order valence-electron chi connectivity index (χ1n) is 18.7. The number of likely N-dealkylation sites (tertiary alicyclic amines) is 1. The molecule has 0 spiro atoms. The molecule has 1 fully saturated rings. The summed E-state index contributed by atoms with van der Waals surface area (Å²) in [6.07, 6.45) is 1.93. The normalized spacial score (nSPS) is 19.0. The molecule has 1 aromatic carbocycles. The van der Waals surface area contributed by atoms with Gasteiger partial charge in [-0.05, 0) is 68.8 Å². The predicted octanol–water partition coefficient (Wildman–Crippen LogP) is 3.57. The molecule has 2 rings (SSSR count). The van der Waals surface area contributed by atoms with E-state index in [1.54, 1.807) is 26.2 Å². The topological polar surface area (TPSA) is 147 Å². The summed E-state index contributed by atoms with van der Waals surface area (Å²) in [6, 6.07) is 5.77. The highest BCUT2D eigenvalue weighted by Gasteiger charge is 2.43. The number of benzene rings is 1. The van der Waals surface area contributed by atoms with Crippen molar-refractivity contribution < 1.29 is 28.7 Å². The number of hydrogen-bond donors (Lipinski definition) is 3. The lowest BCUT2D eigenvalue weighted by molar-refractivity contribution is -0.148. The predicted molar refractivity (Wildman–Crippen MR) is 203 cm³/mol. The number of ether oxygens (including phenoxy) is 2. The van der Waals surface area contributed by atoms with Crippen LogP contribution in [0.15, 0.2) is 24.3 Å². The summed E-state index contributed by atoms with van der Waals surface area (Å²) >= 11 is 0. The monoisotopic (exact) mass is 717 g/mol. The Labute approximate surface area is 307 Å². The molecule has 12 heteroatoms. The Morgan fingerprint density at radius 3 is 2.08 bits per heavy atom. The van der Waals surface area contributed by atoms with E-state index in [2.05, 4.69) is 24.5 Å². The van der Waals surface area contributed by atoms with E-state index in [9.17, 15) is 19.2 Å². The zero-order valence-electron chi connectivity index (χ0n) is 33.4. The molecule has 1 saturated heterocycles. The van der Waals surface area contributed by atoms with Gasteiger partial charge in [0.15, 0.2) is 0 Å². The summed E-state index contributed by atoms with van der Waals surface area (Å²) in [5, 5.41) is 6.07. The van der Waals surface area contributed by atoms with Gasteiger partial charge in [0.05, 0.1) is 42.7 Å². The van der Waals surface area contributed by atoms with Crippen molar-refractivity contribution in [2.45, 2.75) is 117 Å². The van der Waals surface area contributed by atoms with Crippen LogP contribution in [0.4, 0.5) is 5.69 Å². The number of nitrogen functional groups attached to an aromatic ring is 1. The first-order chi connectivity index (χ1) is 24.0. The number of hydrogen-bond acceptors (Lipinski definition) is 8. The lowest BCUT2D eigenvalue weighted by Gasteiger charge is -2.41. The number of nitrogens with zero attached hydrogens (tertiary/aromatic N) is 3. The maximum Gasteiger partial charge on any atom is 0.245 e. The second kappa shape index (κ2) is 20.7. The fourth-order valence-corrected chi connectivity index (χ4v) is 7.59. The third-order valence-corrected chi connectivity index (χ3v) is 10.6. The molecule has 51 heavy (non-hydrogen) atoms. The molecule has 4 amide bonds.